The molecule has 0 saturated carbocycles. The van der Waals surface area contributed by atoms with E-state index in [0.717, 1.165) is 18.2 Å². The van der Waals surface area contributed by atoms with E-state index >= 15 is 0 Å². The predicted molar refractivity (Wildman–Crippen MR) is 92.8 cm³/mol. The molecule has 0 radical (unpaired) electrons. The second-order valence-electron chi connectivity index (χ2n) is 5.35. The van der Waals surface area contributed by atoms with Gasteiger partial charge in [0, 0.05) is 32.1 Å². The summed E-state index contributed by atoms with van der Waals surface area (Å²) >= 11 is 5.96. The summed E-state index contributed by atoms with van der Waals surface area (Å²) in [5.74, 6) is -0.389. The van der Waals surface area contributed by atoms with Crippen LogP contribution in [0.3, 0.4) is 0 Å². The van der Waals surface area contributed by atoms with Crippen molar-refractivity contribution in [2.45, 2.75) is 12.6 Å². The summed E-state index contributed by atoms with van der Waals surface area (Å²) in [6.07, 6.45) is -2.44. The topological polar surface area (TPSA) is 63.2 Å². The van der Waals surface area contributed by atoms with Crippen molar-refractivity contribution in [1.29, 1.82) is 0 Å². The third-order valence-electron chi connectivity index (χ3n) is 3.38. The number of amides is 1. The van der Waals surface area contributed by atoms with Gasteiger partial charge in [0.25, 0.3) is 5.91 Å². The van der Waals surface area contributed by atoms with Crippen LogP contribution < -0.4 is 10.6 Å². The van der Waals surface area contributed by atoms with Gasteiger partial charge in [0.1, 0.15) is 5.69 Å². The van der Waals surface area contributed by atoms with Crippen LogP contribution in [0.2, 0.25) is 5.02 Å². The molecule has 0 aliphatic carbocycles. The lowest BCUT2D eigenvalue weighted by atomic mass is 10.2. The molecule has 2 N–H and O–H groups in total. The van der Waals surface area contributed by atoms with Gasteiger partial charge in [-0.1, -0.05) is 11.6 Å². The molecule has 2 rings (SSSR count). The maximum atomic E-state index is 12.8. The number of hydrogen-bond acceptors (Lipinski definition) is 4. The zero-order valence-corrected chi connectivity index (χ0v) is 14.6. The first-order valence-corrected chi connectivity index (χ1v) is 8.06. The minimum Gasteiger partial charge on any atom is -0.385 e. The quantitative estimate of drug-likeness (QED) is 0.697. The summed E-state index contributed by atoms with van der Waals surface area (Å²) < 4.78 is 43.4. The molecule has 1 aromatic carbocycles. The zero-order valence-electron chi connectivity index (χ0n) is 13.9. The van der Waals surface area contributed by atoms with Gasteiger partial charge in [-0.3, -0.25) is 9.78 Å². The van der Waals surface area contributed by atoms with E-state index in [9.17, 15) is 18.0 Å². The molecule has 0 bridgehead atoms. The number of hydrogen-bond donors (Lipinski definition) is 2. The third kappa shape index (κ3) is 5.60. The average molecular weight is 388 g/mol. The van der Waals surface area contributed by atoms with Crippen molar-refractivity contribution in [3.8, 4) is 0 Å². The van der Waals surface area contributed by atoms with E-state index in [2.05, 4.69) is 15.6 Å². The van der Waals surface area contributed by atoms with Crippen LogP contribution in [0.25, 0.3) is 0 Å². The molecular weight excluding hydrogens is 371 g/mol. The van der Waals surface area contributed by atoms with E-state index in [1.807, 2.05) is 0 Å². The maximum Gasteiger partial charge on any atom is 0.416 e. The summed E-state index contributed by atoms with van der Waals surface area (Å²) in [5, 5.41) is 5.59. The normalized spacial score (nSPS) is 11.3. The van der Waals surface area contributed by atoms with Crippen LogP contribution in [-0.4, -0.2) is 31.2 Å². The van der Waals surface area contributed by atoms with Crippen molar-refractivity contribution < 1.29 is 22.7 Å². The summed E-state index contributed by atoms with van der Waals surface area (Å²) in [6, 6.07) is 5.93. The van der Waals surface area contributed by atoms with Crippen molar-refractivity contribution in [2.75, 3.05) is 25.6 Å². The minimum absolute atomic E-state index is 0.0825. The van der Waals surface area contributed by atoms with Gasteiger partial charge in [-0.2, -0.15) is 13.2 Å². The highest BCUT2D eigenvalue weighted by atomic mass is 35.5. The van der Waals surface area contributed by atoms with Crippen LogP contribution in [-0.2, 0) is 10.9 Å². The Labute approximate surface area is 153 Å². The van der Waals surface area contributed by atoms with Gasteiger partial charge in [0.2, 0.25) is 0 Å². The number of aromatic nitrogens is 1. The lowest BCUT2D eigenvalue weighted by Crippen LogP contribution is -2.26. The number of pyridine rings is 1. The molecule has 0 fully saturated rings. The van der Waals surface area contributed by atoms with Crippen LogP contribution in [0.1, 0.15) is 22.5 Å². The van der Waals surface area contributed by atoms with Crippen LogP contribution in [0.15, 0.2) is 36.5 Å². The Morgan fingerprint density at radius 3 is 2.73 bits per heavy atom. The first-order valence-electron chi connectivity index (χ1n) is 7.68. The number of anilines is 2. The van der Waals surface area contributed by atoms with Gasteiger partial charge in [0.05, 0.1) is 16.3 Å². The van der Waals surface area contributed by atoms with E-state index in [1.165, 1.54) is 18.3 Å². The average Bonchev–Trinajstić information content (AvgIpc) is 2.60. The first-order chi connectivity index (χ1) is 12.3. The third-order valence-corrected chi connectivity index (χ3v) is 3.71. The fourth-order valence-corrected chi connectivity index (χ4v) is 2.26. The number of ether oxygens (including phenoxy) is 1. The molecule has 0 spiro atoms. The first kappa shape index (κ1) is 20.0. The maximum absolute atomic E-state index is 12.8. The molecule has 1 amide bonds. The largest absolute Gasteiger partial charge is 0.416 e. The Morgan fingerprint density at radius 1 is 1.27 bits per heavy atom. The van der Waals surface area contributed by atoms with Crippen molar-refractivity contribution in [2.24, 2.45) is 0 Å². The second kappa shape index (κ2) is 8.86. The van der Waals surface area contributed by atoms with Gasteiger partial charge in [-0.05, 0) is 36.8 Å². The molecule has 0 aliphatic heterocycles. The highest BCUT2D eigenvalue weighted by Gasteiger charge is 2.31. The fourth-order valence-electron chi connectivity index (χ4n) is 2.09. The van der Waals surface area contributed by atoms with Crippen LogP contribution in [0.4, 0.5) is 24.5 Å². The Morgan fingerprint density at radius 2 is 2.04 bits per heavy atom. The Kier molecular flexibility index (Phi) is 6.82. The van der Waals surface area contributed by atoms with E-state index in [1.54, 1.807) is 7.11 Å². The van der Waals surface area contributed by atoms with Crippen LogP contribution in [0.5, 0.6) is 0 Å². The number of methoxy groups -OCH3 is 1. The molecule has 0 aliphatic rings. The lowest BCUT2D eigenvalue weighted by molar-refractivity contribution is -0.137. The Bertz CT molecular complexity index is 769. The second-order valence-corrected chi connectivity index (χ2v) is 5.76. The van der Waals surface area contributed by atoms with Gasteiger partial charge >= 0.3 is 6.18 Å². The van der Waals surface area contributed by atoms with E-state index < -0.39 is 11.7 Å². The highest BCUT2D eigenvalue weighted by Crippen LogP contribution is 2.34. The molecule has 9 heteroatoms. The van der Waals surface area contributed by atoms with E-state index in [-0.39, 0.29) is 22.3 Å². The number of rotatable bonds is 7. The molecule has 0 saturated heterocycles. The number of nitrogens with one attached hydrogen (secondary N) is 2. The van der Waals surface area contributed by atoms with E-state index in [4.69, 9.17) is 16.3 Å². The molecular formula is C17H17ClF3N3O2. The van der Waals surface area contributed by atoms with Crippen LogP contribution in [0, 0.1) is 0 Å². The highest BCUT2D eigenvalue weighted by molar-refractivity contribution is 6.33. The number of carbonyl (C=O) groups excluding carboxylic acids is 1. The lowest BCUT2D eigenvalue weighted by Gasteiger charge is -2.13. The van der Waals surface area contributed by atoms with Crippen molar-refractivity contribution in [1.82, 2.24) is 10.3 Å². The van der Waals surface area contributed by atoms with Gasteiger partial charge < -0.3 is 15.4 Å². The summed E-state index contributed by atoms with van der Waals surface area (Å²) in [4.78, 5) is 16.0. The molecule has 0 unspecified atom stereocenters. The van der Waals surface area contributed by atoms with E-state index in [0.29, 0.717) is 25.3 Å². The number of carbonyl (C=O) groups is 1. The molecule has 0 atom stereocenters. The molecule has 140 valence electrons. The minimum atomic E-state index is -4.48. The number of nitrogens with zero attached hydrogens (tertiary/aromatic N) is 1. The molecule has 1 heterocycles. The van der Waals surface area contributed by atoms with Crippen molar-refractivity contribution in [3.63, 3.8) is 0 Å². The van der Waals surface area contributed by atoms with Gasteiger partial charge in [-0.15, -0.1) is 0 Å². The SMILES string of the molecule is COCCCNC(=O)c1cc(Nc2cc(C(F)(F)F)ccc2Cl)ccn1. The van der Waals surface area contributed by atoms with Crippen LogP contribution >= 0.6 is 11.6 Å². The van der Waals surface area contributed by atoms with Crippen molar-refractivity contribution >= 4 is 28.9 Å². The smallest absolute Gasteiger partial charge is 0.385 e. The van der Waals surface area contributed by atoms with Gasteiger partial charge in [0.15, 0.2) is 0 Å². The number of alkyl halides is 3. The van der Waals surface area contributed by atoms with Crippen molar-refractivity contribution in [3.05, 3.63) is 52.8 Å². The Hall–Kier alpha value is -2.32. The fraction of sp³-hybridized carbons (Fsp3) is 0.294. The predicted octanol–water partition coefficient (Wildman–Crippen LogP) is 4.26. The number of benzene rings is 1. The standard InChI is InChI=1S/C17H17ClF3N3O2/c1-26-8-2-6-23-16(25)15-10-12(5-7-22-15)24-14-9-11(17(19,20)21)3-4-13(14)18/h3-5,7,9-10H,2,6,8H2,1H3,(H,22,24)(H,23,25). The summed E-state index contributed by atoms with van der Waals surface area (Å²) in [6.45, 7) is 0.939. The monoisotopic (exact) mass is 387 g/mol. The summed E-state index contributed by atoms with van der Waals surface area (Å²) in [5.41, 5.74) is -0.215. The number of halogens is 4. The van der Waals surface area contributed by atoms with Gasteiger partial charge in [-0.25, -0.2) is 0 Å². The Balaban J connectivity index is 2.12. The molecule has 5 nitrogen and oxygen atoms in total. The summed E-state index contributed by atoms with van der Waals surface area (Å²) in [7, 11) is 1.57. The molecule has 26 heavy (non-hydrogen) atoms. The molecule has 2 aromatic rings. The zero-order chi connectivity index (χ0) is 19.2. The molecule has 1 aromatic heterocycles.